The smallest absolute Gasteiger partial charge is 0.0931 e. The average Bonchev–Trinajstić information content (AvgIpc) is 2.75. The molecule has 2 rings (SSSR count). The van der Waals surface area contributed by atoms with E-state index in [4.69, 9.17) is 11.6 Å². The minimum atomic E-state index is 0.303. The summed E-state index contributed by atoms with van der Waals surface area (Å²) >= 11 is 7.62. The zero-order chi connectivity index (χ0) is 14.0. The lowest BCUT2D eigenvalue weighted by Gasteiger charge is -2.41. The van der Waals surface area contributed by atoms with Crippen molar-refractivity contribution in [2.45, 2.75) is 58.2 Å². The second-order valence-electron chi connectivity index (χ2n) is 6.50. The van der Waals surface area contributed by atoms with E-state index >= 15 is 0 Å². The van der Waals surface area contributed by atoms with Crippen molar-refractivity contribution in [2.75, 3.05) is 13.1 Å². The lowest BCUT2D eigenvalue weighted by Crippen LogP contribution is -2.50. The maximum Gasteiger partial charge on any atom is 0.0931 e. The predicted octanol–water partition coefficient (Wildman–Crippen LogP) is 4.32. The molecule has 0 amide bonds. The van der Waals surface area contributed by atoms with Crippen molar-refractivity contribution in [3.05, 3.63) is 21.3 Å². The highest BCUT2D eigenvalue weighted by molar-refractivity contribution is 7.14. The Bertz CT molecular complexity index is 403. The highest BCUT2D eigenvalue weighted by atomic mass is 35.5. The number of nitrogens with zero attached hydrogens (tertiary/aromatic N) is 1. The normalized spacial score (nSPS) is 20.7. The van der Waals surface area contributed by atoms with Crippen LogP contribution in [0.15, 0.2) is 11.4 Å². The standard InChI is InChI=1S/C15H25ClN2S/c1-11(12-9-14(16)19-10-12)17-13-5-7-18(8-6-13)15(2,3)4/h9-11,13,17H,5-8H2,1-4H3. The third kappa shape index (κ3) is 4.19. The van der Waals surface area contributed by atoms with Crippen LogP contribution in [-0.4, -0.2) is 29.6 Å². The monoisotopic (exact) mass is 300 g/mol. The molecule has 2 nitrogen and oxygen atoms in total. The fourth-order valence-corrected chi connectivity index (χ4v) is 3.70. The van der Waals surface area contributed by atoms with Gasteiger partial charge in [0, 0.05) is 30.7 Å². The van der Waals surface area contributed by atoms with Crippen molar-refractivity contribution < 1.29 is 0 Å². The summed E-state index contributed by atoms with van der Waals surface area (Å²) < 4.78 is 0.881. The van der Waals surface area contributed by atoms with Crippen LogP contribution in [0.4, 0.5) is 0 Å². The van der Waals surface area contributed by atoms with Crippen LogP contribution in [0.3, 0.4) is 0 Å². The number of halogens is 1. The summed E-state index contributed by atoms with van der Waals surface area (Å²) in [5, 5.41) is 5.90. The first-order valence-electron chi connectivity index (χ1n) is 7.11. The highest BCUT2D eigenvalue weighted by Gasteiger charge is 2.27. The third-order valence-electron chi connectivity index (χ3n) is 4.02. The van der Waals surface area contributed by atoms with Crippen molar-refractivity contribution in [3.8, 4) is 0 Å². The second kappa shape index (κ2) is 6.13. The van der Waals surface area contributed by atoms with Gasteiger partial charge < -0.3 is 5.32 Å². The van der Waals surface area contributed by atoms with Crippen LogP contribution in [-0.2, 0) is 0 Å². The van der Waals surface area contributed by atoms with Crippen molar-refractivity contribution in [1.29, 1.82) is 0 Å². The van der Waals surface area contributed by atoms with Crippen molar-refractivity contribution in [1.82, 2.24) is 10.2 Å². The Balaban J connectivity index is 1.82. The molecule has 1 atom stereocenters. The SMILES string of the molecule is CC(NC1CCN(C(C)(C)C)CC1)c1csc(Cl)c1. The van der Waals surface area contributed by atoms with E-state index in [1.165, 1.54) is 31.5 Å². The van der Waals surface area contributed by atoms with Crippen LogP contribution in [0.25, 0.3) is 0 Å². The fourth-order valence-electron chi connectivity index (χ4n) is 2.72. The number of hydrogen-bond donors (Lipinski definition) is 1. The number of piperidine rings is 1. The number of likely N-dealkylation sites (tertiary alicyclic amines) is 1. The summed E-state index contributed by atoms with van der Waals surface area (Å²) in [6.45, 7) is 11.5. The van der Waals surface area contributed by atoms with Gasteiger partial charge in [0.25, 0.3) is 0 Å². The van der Waals surface area contributed by atoms with Gasteiger partial charge in [0.05, 0.1) is 4.34 Å². The summed E-state index contributed by atoms with van der Waals surface area (Å²) in [5.74, 6) is 0. The molecule has 1 aromatic heterocycles. The predicted molar refractivity (Wildman–Crippen MR) is 85.2 cm³/mol. The molecule has 108 valence electrons. The molecule has 0 aromatic carbocycles. The van der Waals surface area contributed by atoms with Gasteiger partial charge in [-0.3, -0.25) is 4.90 Å². The first kappa shape index (κ1) is 15.3. The van der Waals surface area contributed by atoms with Gasteiger partial charge in [-0.2, -0.15) is 0 Å². The van der Waals surface area contributed by atoms with Gasteiger partial charge in [-0.15, -0.1) is 11.3 Å². The average molecular weight is 301 g/mol. The summed E-state index contributed by atoms with van der Waals surface area (Å²) in [5.41, 5.74) is 1.62. The fraction of sp³-hybridized carbons (Fsp3) is 0.733. The lowest BCUT2D eigenvalue weighted by atomic mass is 9.97. The van der Waals surface area contributed by atoms with Crippen LogP contribution in [0.2, 0.25) is 4.34 Å². The molecule has 0 bridgehead atoms. The second-order valence-corrected chi connectivity index (χ2v) is 8.05. The Labute approximate surface area is 126 Å². The first-order valence-corrected chi connectivity index (χ1v) is 8.37. The van der Waals surface area contributed by atoms with E-state index in [-0.39, 0.29) is 0 Å². The van der Waals surface area contributed by atoms with Gasteiger partial charge in [-0.1, -0.05) is 11.6 Å². The Morgan fingerprint density at radius 2 is 2.00 bits per heavy atom. The maximum absolute atomic E-state index is 6.00. The largest absolute Gasteiger partial charge is 0.307 e. The van der Waals surface area contributed by atoms with E-state index in [1.807, 2.05) is 0 Å². The minimum absolute atomic E-state index is 0.303. The number of nitrogens with one attached hydrogen (secondary N) is 1. The van der Waals surface area contributed by atoms with E-state index in [1.54, 1.807) is 11.3 Å². The van der Waals surface area contributed by atoms with Gasteiger partial charge in [-0.05, 0) is 57.5 Å². The zero-order valence-corrected chi connectivity index (χ0v) is 13.9. The summed E-state index contributed by atoms with van der Waals surface area (Å²) in [4.78, 5) is 2.58. The zero-order valence-electron chi connectivity index (χ0n) is 12.4. The van der Waals surface area contributed by atoms with Gasteiger partial charge in [0.1, 0.15) is 0 Å². The van der Waals surface area contributed by atoms with Crippen molar-refractivity contribution in [2.24, 2.45) is 0 Å². The van der Waals surface area contributed by atoms with E-state index in [0.29, 0.717) is 17.6 Å². The van der Waals surface area contributed by atoms with E-state index in [2.05, 4.69) is 49.4 Å². The van der Waals surface area contributed by atoms with Gasteiger partial charge >= 0.3 is 0 Å². The molecule has 0 spiro atoms. The maximum atomic E-state index is 6.00. The van der Waals surface area contributed by atoms with Crippen molar-refractivity contribution >= 4 is 22.9 Å². The Kier molecular flexibility index (Phi) is 4.93. The van der Waals surface area contributed by atoms with E-state index in [0.717, 1.165) is 4.34 Å². The van der Waals surface area contributed by atoms with Crippen LogP contribution in [0.5, 0.6) is 0 Å². The summed E-state index contributed by atoms with van der Waals surface area (Å²) in [6.07, 6.45) is 2.47. The van der Waals surface area contributed by atoms with E-state index < -0.39 is 0 Å². The molecule has 1 saturated heterocycles. The van der Waals surface area contributed by atoms with Crippen LogP contribution < -0.4 is 5.32 Å². The molecule has 2 heterocycles. The summed E-state index contributed by atoms with van der Waals surface area (Å²) in [7, 11) is 0. The highest BCUT2D eigenvalue weighted by Crippen LogP contribution is 2.26. The third-order valence-corrected chi connectivity index (χ3v) is 5.13. The van der Waals surface area contributed by atoms with Crippen molar-refractivity contribution in [3.63, 3.8) is 0 Å². The molecule has 1 aliphatic heterocycles. The van der Waals surface area contributed by atoms with Crippen LogP contribution >= 0.6 is 22.9 Å². The van der Waals surface area contributed by atoms with Gasteiger partial charge in [-0.25, -0.2) is 0 Å². The molecule has 1 aliphatic rings. The molecular weight excluding hydrogens is 276 g/mol. The van der Waals surface area contributed by atoms with Gasteiger partial charge in [0.2, 0.25) is 0 Å². The van der Waals surface area contributed by atoms with E-state index in [9.17, 15) is 0 Å². The van der Waals surface area contributed by atoms with Crippen LogP contribution in [0, 0.1) is 0 Å². The topological polar surface area (TPSA) is 15.3 Å². The molecule has 1 aromatic rings. The Hall–Kier alpha value is -0.0900. The molecule has 4 heteroatoms. The molecule has 0 radical (unpaired) electrons. The van der Waals surface area contributed by atoms with Crippen LogP contribution in [0.1, 0.15) is 52.1 Å². The summed E-state index contributed by atoms with van der Waals surface area (Å²) in [6, 6.07) is 3.11. The molecule has 1 N–H and O–H groups in total. The van der Waals surface area contributed by atoms with Gasteiger partial charge in [0.15, 0.2) is 0 Å². The molecule has 1 unspecified atom stereocenters. The Morgan fingerprint density at radius 3 is 2.47 bits per heavy atom. The number of rotatable bonds is 3. The Morgan fingerprint density at radius 1 is 1.37 bits per heavy atom. The number of hydrogen-bond acceptors (Lipinski definition) is 3. The molecule has 19 heavy (non-hydrogen) atoms. The quantitative estimate of drug-likeness (QED) is 0.894. The lowest BCUT2D eigenvalue weighted by molar-refractivity contribution is 0.0942. The molecule has 1 fully saturated rings. The number of thiophene rings is 1. The molecule has 0 saturated carbocycles. The molecular formula is C15H25ClN2S. The first-order chi connectivity index (χ1) is 8.86. The molecule has 0 aliphatic carbocycles. The minimum Gasteiger partial charge on any atom is -0.307 e.